The van der Waals surface area contributed by atoms with Gasteiger partial charge in [0.2, 0.25) is 11.8 Å². The van der Waals surface area contributed by atoms with E-state index in [4.69, 9.17) is 5.11 Å². The second kappa shape index (κ2) is 9.66. The zero-order valence-electron chi connectivity index (χ0n) is 18.6. The second-order valence-corrected chi connectivity index (χ2v) is 7.88. The first kappa shape index (κ1) is 24.3. The number of fused-ring (bicyclic) bond motifs is 1. The number of aliphatic hydroxyl groups is 1. The number of aromatic hydroxyl groups is 1. The highest BCUT2D eigenvalue weighted by atomic mass is 19.4. The summed E-state index contributed by atoms with van der Waals surface area (Å²) in [7, 11) is 0. The summed E-state index contributed by atoms with van der Waals surface area (Å²) >= 11 is 0. The molecule has 3 N–H and O–H groups in total. The van der Waals surface area contributed by atoms with E-state index in [9.17, 15) is 23.1 Å². The average molecular weight is 461 g/mol. The van der Waals surface area contributed by atoms with Gasteiger partial charge in [-0.15, -0.1) is 0 Å². The Labute approximate surface area is 189 Å². The quantitative estimate of drug-likeness (QED) is 0.343. The van der Waals surface area contributed by atoms with Gasteiger partial charge in [-0.3, -0.25) is 9.36 Å². The number of hydrazone groups is 1. The number of amides is 1. The number of aromatic nitrogens is 1. The fourth-order valence-corrected chi connectivity index (χ4v) is 3.81. The van der Waals surface area contributed by atoms with Crippen molar-refractivity contribution in [2.45, 2.75) is 46.2 Å². The highest BCUT2D eigenvalue weighted by Gasteiger charge is 2.32. The van der Waals surface area contributed by atoms with Gasteiger partial charge in [-0.05, 0) is 62.1 Å². The Morgan fingerprint density at radius 3 is 2.36 bits per heavy atom. The van der Waals surface area contributed by atoms with Crippen LogP contribution in [0.25, 0.3) is 16.6 Å². The Morgan fingerprint density at radius 1 is 1.12 bits per heavy atom. The summed E-state index contributed by atoms with van der Waals surface area (Å²) in [6, 6.07) is 8.75. The molecule has 3 aromatic rings. The Hall–Kier alpha value is -3.33. The number of benzene rings is 2. The van der Waals surface area contributed by atoms with E-state index in [0.29, 0.717) is 23.2 Å². The molecule has 1 heterocycles. The van der Waals surface area contributed by atoms with Gasteiger partial charge in [0.1, 0.15) is 0 Å². The van der Waals surface area contributed by atoms with Gasteiger partial charge in [-0.1, -0.05) is 19.1 Å². The first-order chi connectivity index (χ1) is 15.6. The SMILES string of the molecule is CC/C(=N\NC(=O)CCCO)c1c(O)n(-c2cc(C)cc(C)c2)c2cc(C(F)(F)F)ccc12. The zero-order valence-corrected chi connectivity index (χ0v) is 18.6. The Bertz CT molecular complexity index is 1190. The number of nitrogens with one attached hydrogen (secondary N) is 1. The molecule has 6 nitrogen and oxygen atoms in total. The fraction of sp³-hybridized carbons (Fsp3) is 0.333. The molecule has 0 bridgehead atoms. The molecule has 2 aromatic carbocycles. The minimum atomic E-state index is -4.55. The van der Waals surface area contributed by atoms with E-state index in [-0.39, 0.29) is 36.4 Å². The van der Waals surface area contributed by atoms with Crippen molar-refractivity contribution < 1.29 is 28.2 Å². The van der Waals surface area contributed by atoms with Crippen molar-refractivity contribution in [2.24, 2.45) is 5.10 Å². The third-order valence-electron chi connectivity index (χ3n) is 5.24. The van der Waals surface area contributed by atoms with E-state index in [0.717, 1.165) is 23.3 Å². The largest absolute Gasteiger partial charge is 0.494 e. The number of hydrogen-bond acceptors (Lipinski definition) is 4. The number of carbonyl (C=O) groups excluding carboxylic acids is 1. The average Bonchev–Trinajstić information content (AvgIpc) is 3.02. The molecule has 0 saturated heterocycles. The number of aliphatic hydroxyl groups excluding tert-OH is 1. The van der Waals surface area contributed by atoms with Crippen LogP contribution in [0.15, 0.2) is 41.5 Å². The van der Waals surface area contributed by atoms with Crippen LogP contribution in [0.4, 0.5) is 13.2 Å². The maximum Gasteiger partial charge on any atom is 0.416 e. The Balaban J connectivity index is 2.25. The van der Waals surface area contributed by atoms with Crippen LogP contribution >= 0.6 is 0 Å². The van der Waals surface area contributed by atoms with Gasteiger partial charge in [0, 0.05) is 24.1 Å². The molecule has 0 aliphatic heterocycles. The van der Waals surface area contributed by atoms with Gasteiger partial charge in [-0.25, -0.2) is 5.43 Å². The van der Waals surface area contributed by atoms with E-state index < -0.39 is 17.6 Å². The molecule has 33 heavy (non-hydrogen) atoms. The molecule has 0 radical (unpaired) electrons. The zero-order chi connectivity index (χ0) is 24.3. The number of hydrogen-bond donors (Lipinski definition) is 3. The van der Waals surface area contributed by atoms with E-state index in [1.54, 1.807) is 19.1 Å². The summed E-state index contributed by atoms with van der Waals surface area (Å²) < 4.78 is 41.8. The molecule has 1 aromatic heterocycles. The van der Waals surface area contributed by atoms with Crippen molar-refractivity contribution in [1.82, 2.24) is 9.99 Å². The molecule has 0 fully saturated rings. The van der Waals surface area contributed by atoms with E-state index in [1.807, 2.05) is 19.9 Å². The van der Waals surface area contributed by atoms with Gasteiger partial charge in [0.05, 0.1) is 22.4 Å². The van der Waals surface area contributed by atoms with Crippen LogP contribution in [-0.2, 0) is 11.0 Å². The first-order valence-corrected chi connectivity index (χ1v) is 10.6. The standard InChI is InChI=1S/C24H26F3N3O3/c1-4-19(28-29-21(32)6-5-9-31)22-18-8-7-16(24(25,26)27)13-20(18)30(23(22)33)17-11-14(2)10-15(3)12-17/h7-8,10-13,31,33H,4-6,9H2,1-3H3,(H,29,32)/b28-19+. The summed E-state index contributed by atoms with van der Waals surface area (Å²) in [5.41, 5.74) is 4.60. The van der Waals surface area contributed by atoms with Crippen molar-refractivity contribution in [1.29, 1.82) is 0 Å². The highest BCUT2D eigenvalue weighted by Crippen LogP contribution is 2.39. The molecular weight excluding hydrogens is 435 g/mol. The van der Waals surface area contributed by atoms with E-state index in [2.05, 4.69) is 10.5 Å². The molecule has 0 unspecified atom stereocenters. The third kappa shape index (κ3) is 5.19. The fourth-order valence-electron chi connectivity index (χ4n) is 3.81. The lowest BCUT2D eigenvalue weighted by Crippen LogP contribution is -2.20. The summed E-state index contributed by atoms with van der Waals surface area (Å²) in [4.78, 5) is 11.9. The van der Waals surface area contributed by atoms with E-state index in [1.165, 1.54) is 10.6 Å². The Kier molecular flexibility index (Phi) is 7.12. The van der Waals surface area contributed by atoms with Crippen molar-refractivity contribution >= 4 is 22.5 Å². The predicted molar refractivity (Wildman–Crippen MR) is 121 cm³/mol. The molecule has 0 spiro atoms. The minimum Gasteiger partial charge on any atom is -0.494 e. The van der Waals surface area contributed by atoms with Gasteiger partial charge >= 0.3 is 6.18 Å². The lowest BCUT2D eigenvalue weighted by molar-refractivity contribution is -0.137. The van der Waals surface area contributed by atoms with Crippen molar-refractivity contribution in [3.8, 4) is 11.6 Å². The lowest BCUT2D eigenvalue weighted by Gasteiger charge is -2.11. The van der Waals surface area contributed by atoms with Crippen LogP contribution in [0.3, 0.4) is 0 Å². The topological polar surface area (TPSA) is 86.8 Å². The molecular formula is C24H26F3N3O3. The van der Waals surface area contributed by atoms with Crippen LogP contribution in [-0.4, -0.2) is 33.0 Å². The maximum absolute atomic E-state index is 13.5. The van der Waals surface area contributed by atoms with Crippen LogP contribution in [0.1, 0.15) is 48.4 Å². The molecule has 3 rings (SSSR count). The summed E-state index contributed by atoms with van der Waals surface area (Å²) in [6.07, 6.45) is -3.90. The second-order valence-electron chi connectivity index (χ2n) is 7.88. The molecule has 0 saturated carbocycles. The van der Waals surface area contributed by atoms with Crippen molar-refractivity contribution in [3.63, 3.8) is 0 Å². The summed E-state index contributed by atoms with van der Waals surface area (Å²) in [5, 5.41) is 24.6. The van der Waals surface area contributed by atoms with Crippen molar-refractivity contribution in [2.75, 3.05) is 6.61 Å². The van der Waals surface area contributed by atoms with Crippen LogP contribution < -0.4 is 5.43 Å². The van der Waals surface area contributed by atoms with Gasteiger partial charge in [-0.2, -0.15) is 18.3 Å². The molecule has 1 amide bonds. The molecule has 9 heteroatoms. The summed E-state index contributed by atoms with van der Waals surface area (Å²) in [5.74, 6) is -0.675. The number of nitrogens with zero attached hydrogens (tertiary/aromatic N) is 2. The van der Waals surface area contributed by atoms with Crippen LogP contribution in [0.5, 0.6) is 5.88 Å². The first-order valence-electron chi connectivity index (χ1n) is 10.6. The molecule has 0 aliphatic carbocycles. The summed E-state index contributed by atoms with van der Waals surface area (Å²) in [6.45, 7) is 5.36. The normalized spacial score (nSPS) is 12.4. The number of halogens is 3. The van der Waals surface area contributed by atoms with Crippen LogP contribution in [0, 0.1) is 13.8 Å². The number of carbonyl (C=O) groups is 1. The van der Waals surface area contributed by atoms with Gasteiger partial charge < -0.3 is 10.2 Å². The highest BCUT2D eigenvalue weighted by molar-refractivity contribution is 6.14. The molecule has 0 atom stereocenters. The predicted octanol–water partition coefficient (Wildman–Crippen LogP) is 4.97. The van der Waals surface area contributed by atoms with Gasteiger partial charge in [0.25, 0.3) is 0 Å². The minimum absolute atomic E-state index is 0.0717. The van der Waals surface area contributed by atoms with Gasteiger partial charge in [0.15, 0.2) is 0 Å². The monoisotopic (exact) mass is 461 g/mol. The number of aryl methyl sites for hydroxylation is 2. The number of alkyl halides is 3. The molecule has 176 valence electrons. The lowest BCUT2D eigenvalue weighted by atomic mass is 10.0. The third-order valence-corrected chi connectivity index (χ3v) is 5.24. The van der Waals surface area contributed by atoms with E-state index >= 15 is 0 Å². The Morgan fingerprint density at radius 2 is 1.79 bits per heavy atom. The molecule has 0 aliphatic rings. The maximum atomic E-state index is 13.5. The van der Waals surface area contributed by atoms with Crippen molar-refractivity contribution in [3.05, 3.63) is 58.7 Å². The smallest absolute Gasteiger partial charge is 0.416 e. The van der Waals surface area contributed by atoms with Crippen LogP contribution in [0.2, 0.25) is 0 Å². The number of rotatable bonds is 7.